The predicted molar refractivity (Wildman–Crippen MR) is 223 cm³/mol. The molecule has 0 bridgehead atoms. The number of carbonyl (C=O) groups is 5. The largest absolute Gasteiger partial charge is 0.479 e. The number of hydrogen-bond acceptors (Lipinski definition) is 17. The fourth-order valence-corrected chi connectivity index (χ4v) is 5.49. The smallest absolute Gasteiger partial charge is 0.333 e. The van der Waals surface area contributed by atoms with Crippen LogP contribution in [0.5, 0.6) is 5.75 Å². The average Bonchev–Trinajstić information content (AvgIpc) is 3.24. The highest BCUT2D eigenvalue weighted by Crippen LogP contribution is 2.30. The number of rotatable bonds is 37. The number of ether oxygens (including phenoxy) is 11. The maximum absolute atomic E-state index is 13.0. The molecule has 0 aromatic heterocycles. The number of benzene rings is 1. The lowest BCUT2D eigenvalue weighted by Crippen LogP contribution is -2.52. The number of hydrogen-bond donors (Lipinski definition) is 6. The Bertz CT molecular complexity index is 1460. The second-order valence-electron chi connectivity index (χ2n) is 14.3. The first-order chi connectivity index (χ1) is 30.4. The first kappa shape index (κ1) is 55.1. The quantitative estimate of drug-likeness (QED) is 0.0465. The molecule has 22 nitrogen and oxygen atoms in total. The van der Waals surface area contributed by atoms with Gasteiger partial charge in [0.05, 0.1) is 131 Å². The molecule has 4 amide bonds. The highest BCUT2D eigenvalue weighted by Gasteiger charge is 2.34. The molecular weight excluding hydrogens is 836 g/mol. The van der Waals surface area contributed by atoms with Crippen LogP contribution in [0.3, 0.4) is 0 Å². The molecule has 0 radical (unpaired) electrons. The molecule has 6 N–H and O–H groups in total. The zero-order chi connectivity index (χ0) is 46.1. The van der Waals surface area contributed by atoms with E-state index in [1.54, 1.807) is 39.2 Å². The summed E-state index contributed by atoms with van der Waals surface area (Å²) >= 11 is 0. The number of carboxylic acid groups (broad SMARTS) is 1. The molecule has 1 heterocycles. The highest BCUT2D eigenvalue weighted by molar-refractivity contribution is 5.97. The summed E-state index contributed by atoms with van der Waals surface area (Å²) in [7, 11) is 3.12. The number of anilines is 1. The Kier molecular flexibility index (Phi) is 30.0. The van der Waals surface area contributed by atoms with Gasteiger partial charge >= 0.3 is 5.97 Å². The Labute approximate surface area is 368 Å². The predicted octanol–water partition coefficient (Wildman–Crippen LogP) is -0.373. The summed E-state index contributed by atoms with van der Waals surface area (Å²) in [6.45, 7) is 9.07. The van der Waals surface area contributed by atoms with Crippen molar-refractivity contribution in [1.82, 2.24) is 16.0 Å². The molecule has 1 aliphatic rings. The van der Waals surface area contributed by atoms with E-state index in [0.29, 0.717) is 91.5 Å². The van der Waals surface area contributed by atoms with Gasteiger partial charge in [-0.15, -0.1) is 0 Å². The van der Waals surface area contributed by atoms with E-state index in [1.807, 2.05) is 0 Å². The van der Waals surface area contributed by atoms with Crippen molar-refractivity contribution in [2.75, 3.05) is 132 Å². The van der Waals surface area contributed by atoms with Crippen molar-refractivity contribution in [2.45, 2.75) is 64.3 Å². The van der Waals surface area contributed by atoms with Crippen molar-refractivity contribution < 1.29 is 86.3 Å². The Morgan fingerprint density at radius 2 is 1.21 bits per heavy atom. The summed E-state index contributed by atoms with van der Waals surface area (Å²) in [5, 5.41) is 29.7. The van der Waals surface area contributed by atoms with E-state index in [4.69, 9.17) is 52.1 Å². The van der Waals surface area contributed by atoms with Gasteiger partial charge in [-0.05, 0) is 23.6 Å². The summed E-state index contributed by atoms with van der Waals surface area (Å²) in [6, 6.07) is 3.78. The summed E-state index contributed by atoms with van der Waals surface area (Å²) < 4.78 is 59.3. The minimum Gasteiger partial charge on any atom is -0.479 e. The Hall–Kier alpha value is -4.07. The van der Waals surface area contributed by atoms with E-state index in [-0.39, 0.29) is 63.0 Å². The molecule has 0 aliphatic carbocycles. The van der Waals surface area contributed by atoms with E-state index >= 15 is 0 Å². The molecule has 1 aromatic rings. The molecule has 0 saturated carbocycles. The molecule has 1 fully saturated rings. The summed E-state index contributed by atoms with van der Waals surface area (Å²) in [6.07, 6.45) is -3.45. The molecular formula is C41H68N4O18. The van der Waals surface area contributed by atoms with Crippen LogP contribution in [0, 0.1) is 5.92 Å². The maximum Gasteiger partial charge on any atom is 0.333 e. The zero-order valence-corrected chi connectivity index (χ0v) is 36.9. The van der Waals surface area contributed by atoms with E-state index in [0.717, 1.165) is 0 Å². The van der Waals surface area contributed by atoms with Crippen molar-refractivity contribution in [1.29, 1.82) is 0 Å². The number of amides is 4. The van der Waals surface area contributed by atoms with E-state index in [1.165, 1.54) is 7.11 Å². The van der Waals surface area contributed by atoms with Gasteiger partial charge in [-0.3, -0.25) is 19.2 Å². The lowest BCUT2D eigenvalue weighted by Gasteiger charge is -2.31. The van der Waals surface area contributed by atoms with Gasteiger partial charge < -0.3 is 83.6 Å². The standard InChI is InChI=1S/C41H68N4O18/c1-29(2)39(40(50)43-27-36(48)44-32-6-5-30(28-54-4)23-33(32)62-38-25-31(46)24-34(63-38)41(51)52)45-37(49)26-42-35(47)7-8-55-11-12-57-15-16-59-19-20-61-22-21-60-18-17-58-14-13-56-10-9-53-3/h5-6,23,29,31,34,38-39,46H,7-22,24-28H2,1-4H3,(H,42,47)(H,43,50)(H,44,48)(H,45,49)(H,51,52). The third-order valence-corrected chi connectivity index (χ3v) is 8.70. The van der Waals surface area contributed by atoms with Gasteiger partial charge in [-0.1, -0.05) is 19.9 Å². The van der Waals surface area contributed by atoms with Crippen LogP contribution >= 0.6 is 0 Å². The van der Waals surface area contributed by atoms with Crippen molar-refractivity contribution in [2.24, 2.45) is 5.92 Å². The van der Waals surface area contributed by atoms with Crippen LogP contribution in [0.25, 0.3) is 0 Å². The van der Waals surface area contributed by atoms with Crippen molar-refractivity contribution >= 4 is 35.3 Å². The Balaban J connectivity index is 1.55. The van der Waals surface area contributed by atoms with Crippen LogP contribution in [0.2, 0.25) is 0 Å². The minimum absolute atomic E-state index is 0.000695. The fourth-order valence-electron chi connectivity index (χ4n) is 5.49. The number of nitrogens with one attached hydrogen (secondary N) is 4. The monoisotopic (exact) mass is 904 g/mol. The molecule has 4 atom stereocenters. The highest BCUT2D eigenvalue weighted by atomic mass is 16.7. The van der Waals surface area contributed by atoms with Gasteiger partial charge in [-0.2, -0.15) is 0 Å². The van der Waals surface area contributed by atoms with Gasteiger partial charge in [0.25, 0.3) is 0 Å². The van der Waals surface area contributed by atoms with E-state index in [9.17, 15) is 34.2 Å². The fraction of sp³-hybridized carbons (Fsp3) is 0.732. The van der Waals surface area contributed by atoms with Crippen molar-refractivity contribution in [3.63, 3.8) is 0 Å². The number of carbonyl (C=O) groups excluding carboxylic acids is 4. The average molecular weight is 905 g/mol. The minimum atomic E-state index is -1.27. The first-order valence-electron chi connectivity index (χ1n) is 20.9. The van der Waals surface area contributed by atoms with Gasteiger partial charge in [0.1, 0.15) is 11.8 Å². The lowest BCUT2D eigenvalue weighted by molar-refractivity contribution is -0.195. The van der Waals surface area contributed by atoms with Crippen LogP contribution in [0.1, 0.15) is 38.7 Å². The van der Waals surface area contributed by atoms with Gasteiger partial charge in [0.2, 0.25) is 29.9 Å². The number of methoxy groups -OCH3 is 2. The van der Waals surface area contributed by atoms with Crippen LogP contribution < -0.4 is 26.0 Å². The summed E-state index contributed by atoms with van der Waals surface area (Å²) in [4.78, 5) is 62.3. The topological polar surface area (TPSA) is 275 Å². The normalized spacial score (nSPS) is 16.6. The van der Waals surface area contributed by atoms with Crippen molar-refractivity contribution in [3.8, 4) is 5.75 Å². The first-order valence-corrected chi connectivity index (χ1v) is 20.9. The molecule has 2 rings (SSSR count). The summed E-state index contributed by atoms with van der Waals surface area (Å²) in [5.41, 5.74) is 0.873. The molecule has 1 aliphatic heterocycles. The maximum atomic E-state index is 13.0. The number of carboxylic acids is 1. The lowest BCUT2D eigenvalue weighted by atomic mass is 10.0. The Morgan fingerprint density at radius 3 is 1.71 bits per heavy atom. The Morgan fingerprint density at radius 1 is 0.683 bits per heavy atom. The van der Waals surface area contributed by atoms with Crippen LogP contribution in [0.4, 0.5) is 5.69 Å². The molecule has 1 saturated heterocycles. The molecule has 63 heavy (non-hydrogen) atoms. The van der Waals surface area contributed by atoms with Gasteiger partial charge in [0, 0.05) is 33.5 Å². The zero-order valence-electron chi connectivity index (χ0n) is 36.9. The molecule has 4 unspecified atom stereocenters. The summed E-state index contributed by atoms with van der Waals surface area (Å²) in [5.74, 6) is -3.76. The second kappa shape index (κ2) is 34.4. The second-order valence-corrected chi connectivity index (χ2v) is 14.3. The van der Waals surface area contributed by atoms with Crippen molar-refractivity contribution in [3.05, 3.63) is 23.8 Å². The van der Waals surface area contributed by atoms with E-state index < -0.39 is 60.7 Å². The molecule has 0 spiro atoms. The number of aliphatic hydroxyl groups excluding tert-OH is 1. The van der Waals surface area contributed by atoms with Crippen LogP contribution in [-0.2, 0) is 77.9 Å². The SMILES string of the molecule is COCCOCCOCCOCCOCCOCCOCCOCCC(=O)NCC(=O)NC(C(=O)NCC(=O)Nc1ccc(COC)cc1OC1CC(O)CC(C(=O)O)O1)C(C)C. The molecule has 22 heteroatoms. The number of aliphatic carboxylic acids is 1. The van der Waals surface area contributed by atoms with Crippen LogP contribution in [0.15, 0.2) is 18.2 Å². The molecule has 1 aromatic carbocycles. The number of aliphatic hydroxyl groups is 1. The van der Waals surface area contributed by atoms with Gasteiger partial charge in [-0.25, -0.2) is 4.79 Å². The van der Waals surface area contributed by atoms with E-state index in [2.05, 4.69) is 21.3 Å². The third-order valence-electron chi connectivity index (χ3n) is 8.70. The van der Waals surface area contributed by atoms with Crippen LogP contribution in [-0.4, -0.2) is 191 Å². The third kappa shape index (κ3) is 26.3. The van der Waals surface area contributed by atoms with Gasteiger partial charge in [0.15, 0.2) is 6.10 Å². The molecule has 360 valence electrons.